The summed E-state index contributed by atoms with van der Waals surface area (Å²) in [7, 11) is 1.75. The van der Waals surface area contributed by atoms with Crippen LogP contribution in [-0.4, -0.2) is 48.2 Å². The van der Waals surface area contributed by atoms with E-state index >= 15 is 0 Å². The molecule has 1 atom stereocenters. The molecule has 146 valence electrons. The molecular weight excluding hydrogens is 441 g/mol. The quantitative estimate of drug-likeness (QED) is 0.369. The number of hydrogen-bond donors (Lipinski definition) is 2. The van der Waals surface area contributed by atoms with Crippen molar-refractivity contribution < 1.29 is 4.74 Å². The Labute approximate surface area is 173 Å². The van der Waals surface area contributed by atoms with Crippen molar-refractivity contribution in [3.8, 4) is 0 Å². The summed E-state index contributed by atoms with van der Waals surface area (Å²) in [6.07, 6.45) is 5.02. The Hall–Kier alpha value is -1.35. The van der Waals surface area contributed by atoms with Crippen LogP contribution in [0.1, 0.15) is 33.4 Å². The molecule has 2 aromatic rings. The van der Waals surface area contributed by atoms with Gasteiger partial charge in [-0.3, -0.25) is 4.99 Å². The van der Waals surface area contributed by atoms with Gasteiger partial charge in [-0.2, -0.15) is 0 Å². The SMILES string of the molecule is CCNC(=NCC(OC)C(C)(C)C)NCCc1cn2ccccc2n1.I. The smallest absolute Gasteiger partial charge is 0.191 e. The number of guanidine groups is 1. The fraction of sp³-hybridized carbons (Fsp3) is 0.579. The van der Waals surface area contributed by atoms with Gasteiger partial charge < -0.3 is 19.8 Å². The molecule has 0 aromatic carbocycles. The third kappa shape index (κ3) is 6.75. The number of fused-ring (bicyclic) bond motifs is 1. The molecule has 2 heterocycles. The van der Waals surface area contributed by atoms with Crippen molar-refractivity contribution in [2.75, 3.05) is 26.7 Å². The summed E-state index contributed by atoms with van der Waals surface area (Å²) in [5.74, 6) is 0.817. The van der Waals surface area contributed by atoms with Crippen LogP contribution in [0.15, 0.2) is 35.6 Å². The molecule has 26 heavy (non-hydrogen) atoms. The Bertz CT molecular complexity index is 660. The van der Waals surface area contributed by atoms with Crippen molar-refractivity contribution >= 4 is 35.6 Å². The summed E-state index contributed by atoms with van der Waals surface area (Å²) in [6, 6.07) is 6.02. The van der Waals surface area contributed by atoms with Crippen LogP contribution in [0.4, 0.5) is 0 Å². The van der Waals surface area contributed by atoms with Crippen molar-refractivity contribution in [3.63, 3.8) is 0 Å². The Morgan fingerprint density at radius 2 is 2.08 bits per heavy atom. The summed E-state index contributed by atoms with van der Waals surface area (Å²) in [5.41, 5.74) is 2.11. The number of aromatic nitrogens is 2. The zero-order valence-corrected chi connectivity index (χ0v) is 18.8. The molecule has 0 spiro atoms. The van der Waals surface area contributed by atoms with Crippen LogP contribution >= 0.6 is 24.0 Å². The van der Waals surface area contributed by atoms with Crippen molar-refractivity contribution in [1.29, 1.82) is 0 Å². The fourth-order valence-corrected chi connectivity index (χ4v) is 2.63. The van der Waals surface area contributed by atoms with Gasteiger partial charge in [0.05, 0.1) is 18.3 Å². The minimum atomic E-state index is 0. The van der Waals surface area contributed by atoms with Gasteiger partial charge in [-0.15, -0.1) is 24.0 Å². The Morgan fingerprint density at radius 3 is 2.69 bits per heavy atom. The van der Waals surface area contributed by atoms with Crippen molar-refractivity contribution in [3.05, 3.63) is 36.3 Å². The molecule has 1 unspecified atom stereocenters. The van der Waals surface area contributed by atoms with E-state index in [2.05, 4.69) is 54.5 Å². The van der Waals surface area contributed by atoms with Gasteiger partial charge in [-0.1, -0.05) is 26.8 Å². The van der Waals surface area contributed by atoms with Crippen molar-refractivity contribution in [1.82, 2.24) is 20.0 Å². The lowest BCUT2D eigenvalue weighted by Gasteiger charge is -2.28. The third-order valence-electron chi connectivity index (χ3n) is 4.10. The number of rotatable bonds is 7. The summed E-state index contributed by atoms with van der Waals surface area (Å²) in [6.45, 7) is 10.8. The molecule has 7 heteroatoms. The van der Waals surface area contributed by atoms with Gasteiger partial charge in [-0.05, 0) is 24.5 Å². The molecule has 6 nitrogen and oxygen atoms in total. The highest BCUT2D eigenvalue weighted by Gasteiger charge is 2.24. The monoisotopic (exact) mass is 473 g/mol. The number of nitrogens with one attached hydrogen (secondary N) is 2. The molecule has 0 saturated heterocycles. The van der Waals surface area contributed by atoms with E-state index in [9.17, 15) is 0 Å². The van der Waals surface area contributed by atoms with Gasteiger partial charge in [0.15, 0.2) is 5.96 Å². The normalized spacial score (nSPS) is 13.3. The summed E-state index contributed by atoms with van der Waals surface area (Å²) in [5, 5.41) is 6.66. The average Bonchev–Trinajstić information content (AvgIpc) is 2.96. The maximum absolute atomic E-state index is 5.58. The second-order valence-electron chi connectivity index (χ2n) is 7.19. The molecular formula is C19H32IN5O. The fourth-order valence-electron chi connectivity index (χ4n) is 2.63. The number of hydrogen-bond acceptors (Lipinski definition) is 3. The lowest BCUT2D eigenvalue weighted by atomic mass is 9.89. The van der Waals surface area contributed by atoms with Gasteiger partial charge in [-0.25, -0.2) is 4.98 Å². The molecule has 0 saturated carbocycles. The molecule has 0 radical (unpaired) electrons. The highest BCUT2D eigenvalue weighted by molar-refractivity contribution is 14.0. The zero-order chi connectivity index (χ0) is 18.3. The molecule has 0 aliphatic heterocycles. The first-order valence-electron chi connectivity index (χ1n) is 8.91. The number of imidazole rings is 1. The highest BCUT2D eigenvalue weighted by Crippen LogP contribution is 2.21. The number of halogens is 1. The third-order valence-corrected chi connectivity index (χ3v) is 4.10. The summed E-state index contributed by atoms with van der Waals surface area (Å²) >= 11 is 0. The lowest BCUT2D eigenvalue weighted by molar-refractivity contribution is 0.0241. The predicted molar refractivity (Wildman–Crippen MR) is 119 cm³/mol. The predicted octanol–water partition coefficient (Wildman–Crippen LogP) is 3.11. The molecule has 0 aliphatic rings. The number of pyridine rings is 1. The average molecular weight is 473 g/mol. The van der Waals surface area contributed by atoms with Crippen LogP contribution < -0.4 is 10.6 Å². The minimum Gasteiger partial charge on any atom is -0.379 e. The van der Waals surface area contributed by atoms with Crippen LogP contribution in [0, 0.1) is 5.41 Å². The zero-order valence-electron chi connectivity index (χ0n) is 16.5. The van der Waals surface area contributed by atoms with Crippen LogP contribution in [0.2, 0.25) is 0 Å². The van der Waals surface area contributed by atoms with Crippen LogP contribution in [0.5, 0.6) is 0 Å². The van der Waals surface area contributed by atoms with E-state index < -0.39 is 0 Å². The Balaban J connectivity index is 0.00000338. The standard InChI is InChI=1S/C19H31N5O.HI/c1-6-20-18(22-13-16(25-5)19(2,3)4)21-11-10-15-14-24-12-8-7-9-17(24)23-15;/h7-9,12,14,16H,6,10-11,13H2,1-5H3,(H2,20,21,22);1H. The van der Waals surface area contributed by atoms with E-state index in [4.69, 9.17) is 4.74 Å². The van der Waals surface area contributed by atoms with Crippen LogP contribution in [0.3, 0.4) is 0 Å². The second-order valence-corrected chi connectivity index (χ2v) is 7.19. The van der Waals surface area contributed by atoms with E-state index in [1.54, 1.807) is 7.11 Å². The highest BCUT2D eigenvalue weighted by atomic mass is 127. The number of methoxy groups -OCH3 is 1. The maximum Gasteiger partial charge on any atom is 0.191 e. The second kappa shape index (κ2) is 10.7. The van der Waals surface area contributed by atoms with Gasteiger partial charge in [0.2, 0.25) is 0 Å². The van der Waals surface area contributed by atoms with Gasteiger partial charge in [0.1, 0.15) is 5.65 Å². The molecule has 0 bridgehead atoms. The van der Waals surface area contributed by atoms with Crippen molar-refractivity contribution in [2.24, 2.45) is 10.4 Å². The lowest BCUT2D eigenvalue weighted by Crippen LogP contribution is -2.40. The largest absolute Gasteiger partial charge is 0.379 e. The first-order chi connectivity index (χ1) is 11.9. The van der Waals surface area contributed by atoms with Gasteiger partial charge >= 0.3 is 0 Å². The van der Waals surface area contributed by atoms with E-state index in [1.807, 2.05) is 28.8 Å². The number of aliphatic imine (C=N–C) groups is 1. The molecule has 0 fully saturated rings. The topological polar surface area (TPSA) is 63.0 Å². The van der Waals surface area contributed by atoms with Gasteiger partial charge in [0, 0.05) is 39.0 Å². The number of nitrogens with zero attached hydrogens (tertiary/aromatic N) is 3. The molecule has 2 rings (SSSR count). The van der Waals surface area contributed by atoms with Crippen LogP contribution in [-0.2, 0) is 11.2 Å². The minimum absolute atomic E-state index is 0. The molecule has 0 amide bonds. The Kier molecular flexibility index (Phi) is 9.35. The van der Waals surface area contributed by atoms with E-state index in [0.29, 0.717) is 6.54 Å². The molecule has 0 aliphatic carbocycles. The van der Waals surface area contributed by atoms with Crippen LogP contribution in [0.25, 0.3) is 5.65 Å². The van der Waals surface area contributed by atoms with Crippen molar-refractivity contribution in [2.45, 2.75) is 40.2 Å². The van der Waals surface area contributed by atoms with E-state index in [1.165, 1.54) is 0 Å². The first kappa shape index (κ1) is 22.7. The first-order valence-corrected chi connectivity index (χ1v) is 8.91. The maximum atomic E-state index is 5.58. The van der Waals surface area contributed by atoms with E-state index in [-0.39, 0.29) is 35.5 Å². The van der Waals surface area contributed by atoms with E-state index in [0.717, 1.165) is 36.8 Å². The Morgan fingerprint density at radius 1 is 1.31 bits per heavy atom. The summed E-state index contributed by atoms with van der Waals surface area (Å²) < 4.78 is 7.62. The number of ether oxygens (including phenoxy) is 1. The molecule has 2 N–H and O–H groups in total. The summed E-state index contributed by atoms with van der Waals surface area (Å²) in [4.78, 5) is 9.29. The molecule has 2 aromatic heterocycles. The van der Waals surface area contributed by atoms with Gasteiger partial charge in [0.25, 0.3) is 0 Å².